The molecule has 0 aromatic rings. The Morgan fingerprint density at radius 2 is 0.929 bits per heavy atom. The van der Waals surface area contributed by atoms with Gasteiger partial charge in [0.2, 0.25) is 0 Å². The van der Waals surface area contributed by atoms with Gasteiger partial charge >= 0.3 is 0 Å². The summed E-state index contributed by atoms with van der Waals surface area (Å²) in [5, 5.41) is 0. The number of rotatable bonds is 8. The molecule has 0 rings (SSSR count). The topological polar surface area (TPSA) is 0 Å². The Morgan fingerprint density at radius 3 is 1.14 bits per heavy atom. The van der Waals surface area contributed by atoms with Crippen LogP contribution in [0.15, 0.2) is 0 Å². The van der Waals surface area contributed by atoms with Crippen LogP contribution >= 0.6 is 23.2 Å². The van der Waals surface area contributed by atoms with Gasteiger partial charge in [-0.05, 0) is 0 Å². The zero-order valence-corrected chi connectivity index (χ0v) is 9.46. The molecular formula is C2H4B10Cl2. The zero-order chi connectivity index (χ0) is 11.1. The van der Waals surface area contributed by atoms with Gasteiger partial charge in [-0.1, -0.05) is 0 Å². The van der Waals surface area contributed by atoms with E-state index < -0.39 is 0 Å². The molecule has 12 radical (unpaired) electrons. The van der Waals surface area contributed by atoms with Gasteiger partial charge in [-0.25, -0.2) is 0 Å². The van der Waals surface area contributed by atoms with Crippen LogP contribution in [0.1, 0.15) is 0 Å². The van der Waals surface area contributed by atoms with Crippen LogP contribution < -0.4 is 0 Å². The van der Waals surface area contributed by atoms with Crippen LogP contribution in [0.4, 0.5) is 0 Å². The molecular weight excluding hydrogens is 203 g/mol. The maximum atomic E-state index is 5.08. The third kappa shape index (κ3) is 23.2. The maximum absolute atomic E-state index is 5.08. The fraction of sp³-hybridized carbons (Fsp3) is 1.00. The van der Waals surface area contributed by atoms with Gasteiger partial charge in [0, 0.05) is 83.7 Å². The quantitative estimate of drug-likeness (QED) is 0.237. The SMILES string of the molecule is ClCCCl.[B][B][B][B][B][B][B][B][B][B]. The molecule has 0 aromatic carbocycles. The Hall–Kier alpha value is 1.23. The van der Waals surface area contributed by atoms with Crippen molar-refractivity contribution < 1.29 is 0 Å². The van der Waals surface area contributed by atoms with Crippen molar-refractivity contribution >= 4 is 95.2 Å². The summed E-state index contributed by atoms with van der Waals surface area (Å²) in [6.45, 7) is 0. The third-order valence-corrected chi connectivity index (χ3v) is 1.42. The Bertz CT molecular complexity index is 72.5. The zero-order valence-electron chi connectivity index (χ0n) is 7.94. The van der Waals surface area contributed by atoms with Crippen LogP contribution in [0, 0.1) is 0 Å². The molecule has 0 aromatic heterocycles. The lowest BCUT2D eigenvalue weighted by Gasteiger charge is -1.92. The largest absolute Gasteiger partial charge is 0.125 e. The summed E-state index contributed by atoms with van der Waals surface area (Å²) < 4.78 is 0. The van der Waals surface area contributed by atoms with E-state index >= 15 is 0 Å². The predicted octanol–water partition coefficient (Wildman–Crippen LogP) is -2.34. The van der Waals surface area contributed by atoms with Crippen molar-refractivity contribution in [2.45, 2.75) is 0 Å². The van der Waals surface area contributed by atoms with E-state index in [0.29, 0.717) is 11.8 Å². The Morgan fingerprint density at radius 1 is 0.643 bits per heavy atom. The highest BCUT2D eigenvalue weighted by Gasteiger charge is 1.92. The van der Waals surface area contributed by atoms with Crippen LogP contribution in [0.3, 0.4) is 0 Å². The maximum Gasteiger partial charge on any atom is 0.0359 e. The number of alkyl halides is 2. The van der Waals surface area contributed by atoms with Crippen molar-refractivity contribution in [3.8, 4) is 0 Å². The molecule has 0 unspecified atom stereocenters. The van der Waals surface area contributed by atoms with Gasteiger partial charge in [-0.3, -0.25) is 0 Å². The molecule has 14 heavy (non-hydrogen) atoms. The average molecular weight is 207 g/mol. The molecule has 0 heterocycles. The van der Waals surface area contributed by atoms with Gasteiger partial charge in [0.05, 0.1) is 0 Å². The molecule has 0 aliphatic heterocycles. The van der Waals surface area contributed by atoms with Crippen molar-refractivity contribution in [2.24, 2.45) is 0 Å². The molecule has 0 bridgehead atoms. The van der Waals surface area contributed by atoms with Gasteiger partial charge in [0.1, 0.15) is 0 Å². The van der Waals surface area contributed by atoms with E-state index in [-0.39, 0.29) is 0 Å². The van der Waals surface area contributed by atoms with Gasteiger partial charge in [-0.15, -0.1) is 23.2 Å². The number of hydrogen-bond acceptors (Lipinski definition) is 0. The lowest BCUT2D eigenvalue weighted by atomic mass is 8.89. The fourth-order valence-electron chi connectivity index (χ4n) is 0.385. The molecule has 0 nitrogen and oxygen atoms in total. The molecule has 0 spiro atoms. The van der Waals surface area contributed by atoms with E-state index in [1.807, 2.05) is 28.2 Å². The van der Waals surface area contributed by atoms with E-state index in [4.69, 9.17) is 38.7 Å². The van der Waals surface area contributed by atoms with Crippen LogP contribution in [0.25, 0.3) is 0 Å². The van der Waals surface area contributed by atoms with Gasteiger partial charge < -0.3 is 0 Å². The highest BCUT2D eigenvalue weighted by molar-refractivity contribution is 7.68. The Balaban J connectivity index is 0. The standard InChI is InChI=1S/C2H4Cl2.B10/c3-1-2-4;1-3-5-7-9-10-8-6-4-2/h1-2H2;. The van der Waals surface area contributed by atoms with Crippen LogP contribution in [0.5, 0.6) is 0 Å². The Kier molecular flexibility index (Phi) is 24.9. The van der Waals surface area contributed by atoms with Crippen molar-refractivity contribution in [3.05, 3.63) is 0 Å². The van der Waals surface area contributed by atoms with Crippen molar-refractivity contribution in [1.82, 2.24) is 0 Å². The first kappa shape index (κ1) is 17.6. The second-order valence-electron chi connectivity index (χ2n) is 1.92. The van der Waals surface area contributed by atoms with Crippen LogP contribution in [0.2, 0.25) is 0 Å². The first-order valence-electron chi connectivity index (χ1n) is 4.03. The Labute approximate surface area is 107 Å². The summed E-state index contributed by atoms with van der Waals surface area (Å²) in [6.07, 6.45) is 0. The third-order valence-electron chi connectivity index (χ3n) is 0.849. The monoisotopic (exact) mass is 208 g/mol. The van der Waals surface area contributed by atoms with Crippen molar-refractivity contribution in [2.75, 3.05) is 11.8 Å². The average Bonchev–Trinajstić information content (AvgIpc) is 2.24. The molecule has 0 fully saturated rings. The molecule has 0 amide bonds. The normalized spacial score (nSPS) is 7.00. The van der Waals surface area contributed by atoms with Crippen LogP contribution in [-0.4, -0.2) is 83.7 Å². The van der Waals surface area contributed by atoms with Crippen molar-refractivity contribution in [3.63, 3.8) is 0 Å². The van der Waals surface area contributed by atoms with Gasteiger partial charge in [0.25, 0.3) is 0 Å². The minimum Gasteiger partial charge on any atom is -0.125 e. The number of halogens is 2. The summed E-state index contributed by atoms with van der Waals surface area (Å²) in [6, 6.07) is 0. The van der Waals surface area contributed by atoms with E-state index in [2.05, 4.69) is 0 Å². The summed E-state index contributed by atoms with van der Waals surface area (Å²) in [7, 11) is 24.0. The summed E-state index contributed by atoms with van der Waals surface area (Å²) >= 11 is 10.1. The first-order chi connectivity index (χ1) is 6.83. The summed E-state index contributed by atoms with van der Waals surface area (Å²) in [4.78, 5) is 0. The molecule has 0 saturated heterocycles. The lowest BCUT2D eigenvalue weighted by Crippen LogP contribution is -2.30. The minimum atomic E-state index is 0.557. The first-order valence-corrected chi connectivity index (χ1v) is 5.10. The second-order valence-corrected chi connectivity index (χ2v) is 2.67. The molecule has 0 atom stereocenters. The number of hydrogen-bond donors (Lipinski definition) is 0. The molecule has 56 valence electrons. The van der Waals surface area contributed by atoms with E-state index in [0.717, 1.165) is 0 Å². The molecule has 0 aliphatic rings. The lowest BCUT2D eigenvalue weighted by molar-refractivity contribution is 1.52. The molecule has 12 heteroatoms. The summed E-state index contributed by atoms with van der Waals surface area (Å²) in [5.74, 6) is 1.11. The van der Waals surface area contributed by atoms with E-state index in [9.17, 15) is 0 Å². The summed E-state index contributed by atoms with van der Waals surface area (Å²) in [5.41, 5.74) is 0. The van der Waals surface area contributed by atoms with Gasteiger partial charge in [-0.2, -0.15) is 0 Å². The minimum absolute atomic E-state index is 0.557. The van der Waals surface area contributed by atoms with Crippen molar-refractivity contribution in [1.29, 1.82) is 0 Å². The highest BCUT2D eigenvalue weighted by Crippen LogP contribution is 1.75. The van der Waals surface area contributed by atoms with E-state index in [1.165, 1.54) is 14.1 Å². The molecule has 0 N–H and O–H groups in total. The molecule has 0 saturated carbocycles. The smallest absolute Gasteiger partial charge is 0.0359 e. The van der Waals surface area contributed by atoms with Crippen LogP contribution in [-0.2, 0) is 0 Å². The predicted molar refractivity (Wildman–Crippen MR) is 79.0 cm³/mol. The second kappa shape index (κ2) is 19.7. The molecule has 0 aliphatic carbocycles. The fourth-order valence-corrected chi connectivity index (χ4v) is 0.385. The highest BCUT2D eigenvalue weighted by atomic mass is 35.5. The van der Waals surface area contributed by atoms with E-state index in [1.54, 1.807) is 14.1 Å². The van der Waals surface area contributed by atoms with Gasteiger partial charge in [0.15, 0.2) is 0 Å².